The van der Waals surface area contributed by atoms with Crippen molar-refractivity contribution in [2.45, 2.75) is 0 Å². The average Bonchev–Trinajstić information content (AvgIpc) is 1.89. The van der Waals surface area contributed by atoms with E-state index in [1.807, 2.05) is 24.3 Å². The van der Waals surface area contributed by atoms with Gasteiger partial charge >= 0.3 is 69.8 Å². The molecule has 0 saturated heterocycles. The molecule has 0 aromatic heterocycles. The standard InChI is InChI=1S/C7H5O.Pb/c8-6-7-4-2-1-3-5-7;/h1-4,6H;. The summed E-state index contributed by atoms with van der Waals surface area (Å²) in [4.78, 5) is 10.2. The molecule has 0 fully saturated rings. The molecule has 0 heterocycles. The van der Waals surface area contributed by atoms with Crippen molar-refractivity contribution in [3.8, 4) is 0 Å². The van der Waals surface area contributed by atoms with E-state index in [0.29, 0.717) is 0 Å². The zero-order chi connectivity index (χ0) is 6.69. The summed E-state index contributed by atoms with van der Waals surface area (Å²) < 4.78 is 1.17. The number of rotatable bonds is 1. The molecular formula is C7H5OPb. The first-order chi connectivity index (χ1) is 4.34. The first-order valence-corrected chi connectivity index (χ1v) is 4.55. The second-order valence-corrected chi connectivity index (χ2v) is 3.80. The summed E-state index contributed by atoms with van der Waals surface area (Å²) >= 11 is 0.954. The van der Waals surface area contributed by atoms with Gasteiger partial charge in [0.05, 0.1) is 0 Å². The van der Waals surface area contributed by atoms with Crippen molar-refractivity contribution in [3.05, 3.63) is 29.8 Å². The van der Waals surface area contributed by atoms with E-state index in [2.05, 4.69) is 0 Å². The van der Waals surface area contributed by atoms with Crippen molar-refractivity contribution in [1.29, 1.82) is 0 Å². The van der Waals surface area contributed by atoms with Crippen LogP contribution in [0.4, 0.5) is 0 Å². The third-order valence-corrected chi connectivity index (χ3v) is 2.86. The Labute approximate surface area is 69.8 Å². The molecule has 0 aliphatic heterocycles. The molecule has 43 valence electrons. The molecule has 2 heteroatoms. The molecule has 9 heavy (non-hydrogen) atoms. The summed E-state index contributed by atoms with van der Waals surface area (Å²) in [6.07, 6.45) is 0.905. The van der Waals surface area contributed by atoms with Crippen LogP contribution in [0.5, 0.6) is 0 Å². The molecule has 0 saturated carbocycles. The molecule has 0 unspecified atom stereocenters. The second-order valence-electron chi connectivity index (χ2n) is 1.71. The number of hydrogen-bond acceptors (Lipinski definition) is 1. The van der Waals surface area contributed by atoms with Crippen LogP contribution in [0.25, 0.3) is 0 Å². The van der Waals surface area contributed by atoms with Gasteiger partial charge in [-0.3, -0.25) is 0 Å². The molecule has 0 N–H and O–H groups in total. The number of benzene rings is 1. The number of hydrogen-bond donors (Lipinski definition) is 0. The zero-order valence-corrected chi connectivity index (χ0v) is 8.68. The number of carbonyl (C=O) groups is 1. The van der Waals surface area contributed by atoms with E-state index in [0.717, 1.165) is 37.6 Å². The Balaban J connectivity index is 3.15. The average molecular weight is 312 g/mol. The molecule has 1 aromatic rings. The maximum absolute atomic E-state index is 10.2. The number of carbonyl (C=O) groups excluding carboxylic acids is 1. The van der Waals surface area contributed by atoms with Gasteiger partial charge in [-0.25, -0.2) is 0 Å². The van der Waals surface area contributed by atoms with Gasteiger partial charge in [-0.2, -0.15) is 0 Å². The van der Waals surface area contributed by atoms with Crippen LogP contribution in [-0.2, 0) is 0 Å². The summed E-state index contributed by atoms with van der Waals surface area (Å²) in [5.41, 5.74) is 0.837. The van der Waals surface area contributed by atoms with Gasteiger partial charge in [-0.1, -0.05) is 0 Å². The van der Waals surface area contributed by atoms with Crippen LogP contribution >= 0.6 is 0 Å². The van der Waals surface area contributed by atoms with Crippen LogP contribution in [-0.4, -0.2) is 32.1 Å². The number of aldehydes is 1. The Morgan fingerprint density at radius 1 is 1.33 bits per heavy atom. The first kappa shape index (κ1) is 6.93. The van der Waals surface area contributed by atoms with Crippen molar-refractivity contribution in [3.63, 3.8) is 0 Å². The van der Waals surface area contributed by atoms with E-state index in [1.165, 1.54) is 3.12 Å². The predicted octanol–water partition coefficient (Wildman–Crippen LogP) is 0.293. The van der Waals surface area contributed by atoms with E-state index in [-0.39, 0.29) is 0 Å². The monoisotopic (exact) mass is 313 g/mol. The van der Waals surface area contributed by atoms with Gasteiger partial charge in [-0.15, -0.1) is 0 Å². The summed E-state index contributed by atoms with van der Waals surface area (Å²) in [7, 11) is 0. The normalized spacial score (nSPS) is 9.00. The zero-order valence-electron chi connectivity index (χ0n) is 4.79. The van der Waals surface area contributed by atoms with E-state index >= 15 is 0 Å². The SMILES string of the molecule is O=Cc1cccc[c]1[Pb]. The van der Waals surface area contributed by atoms with Crippen molar-refractivity contribution < 1.29 is 4.79 Å². The van der Waals surface area contributed by atoms with Crippen LogP contribution in [0, 0.1) is 0 Å². The van der Waals surface area contributed by atoms with Crippen LogP contribution < -0.4 is 3.12 Å². The van der Waals surface area contributed by atoms with Crippen LogP contribution in [0.15, 0.2) is 24.3 Å². The van der Waals surface area contributed by atoms with Crippen molar-refractivity contribution in [2.75, 3.05) is 0 Å². The van der Waals surface area contributed by atoms with Gasteiger partial charge in [0, 0.05) is 0 Å². The van der Waals surface area contributed by atoms with Crippen LogP contribution in [0.3, 0.4) is 0 Å². The van der Waals surface area contributed by atoms with Crippen molar-refractivity contribution in [1.82, 2.24) is 0 Å². The fourth-order valence-electron chi connectivity index (χ4n) is 0.600. The van der Waals surface area contributed by atoms with E-state index in [1.54, 1.807) is 0 Å². The molecular weight excluding hydrogens is 307 g/mol. The molecule has 0 aliphatic rings. The summed E-state index contributed by atoms with van der Waals surface area (Å²) in [5, 5.41) is 0. The minimum absolute atomic E-state index is 0.837. The Morgan fingerprint density at radius 2 is 2.00 bits per heavy atom. The van der Waals surface area contributed by atoms with Crippen LogP contribution in [0.2, 0.25) is 0 Å². The molecule has 1 nitrogen and oxygen atoms in total. The van der Waals surface area contributed by atoms with E-state index < -0.39 is 0 Å². The third kappa shape index (κ3) is 1.61. The second kappa shape index (κ2) is 3.10. The minimum atomic E-state index is 0.837. The topological polar surface area (TPSA) is 17.1 Å². The Morgan fingerprint density at radius 3 is 2.44 bits per heavy atom. The third-order valence-electron chi connectivity index (χ3n) is 1.09. The quantitative estimate of drug-likeness (QED) is 0.538. The van der Waals surface area contributed by atoms with Crippen LogP contribution in [0.1, 0.15) is 10.4 Å². The molecule has 1 aromatic carbocycles. The Bertz CT molecular complexity index is 220. The fourth-order valence-corrected chi connectivity index (χ4v) is 1.53. The van der Waals surface area contributed by atoms with Gasteiger partial charge in [0.25, 0.3) is 0 Å². The first-order valence-electron chi connectivity index (χ1n) is 2.60. The molecule has 0 aliphatic carbocycles. The summed E-state index contributed by atoms with van der Waals surface area (Å²) in [6.45, 7) is 0. The summed E-state index contributed by atoms with van der Waals surface area (Å²) in [6, 6.07) is 7.66. The molecule has 0 amide bonds. The van der Waals surface area contributed by atoms with Crippen molar-refractivity contribution in [2.24, 2.45) is 0 Å². The van der Waals surface area contributed by atoms with Gasteiger partial charge in [0.2, 0.25) is 0 Å². The molecule has 0 bridgehead atoms. The van der Waals surface area contributed by atoms with Gasteiger partial charge in [-0.05, 0) is 0 Å². The molecule has 3 radical (unpaired) electrons. The van der Waals surface area contributed by atoms with Gasteiger partial charge < -0.3 is 0 Å². The summed E-state index contributed by atoms with van der Waals surface area (Å²) in [5.74, 6) is 0. The predicted molar refractivity (Wildman–Crippen MR) is 37.2 cm³/mol. The molecule has 0 spiro atoms. The Kier molecular flexibility index (Phi) is 2.39. The van der Waals surface area contributed by atoms with E-state index in [9.17, 15) is 4.79 Å². The molecule has 1 rings (SSSR count). The fraction of sp³-hybridized carbons (Fsp3) is 0. The van der Waals surface area contributed by atoms with Gasteiger partial charge in [0.1, 0.15) is 0 Å². The van der Waals surface area contributed by atoms with Gasteiger partial charge in [0.15, 0.2) is 0 Å². The van der Waals surface area contributed by atoms with Crippen molar-refractivity contribution >= 4 is 35.2 Å². The van der Waals surface area contributed by atoms with E-state index in [4.69, 9.17) is 0 Å². The maximum atomic E-state index is 10.2. The molecule has 0 atom stereocenters. The Hall–Kier alpha value is -0.188.